The Labute approximate surface area is 128 Å². The lowest BCUT2D eigenvalue weighted by atomic mass is 9.93. The molecule has 21 heavy (non-hydrogen) atoms. The van der Waals surface area contributed by atoms with Crippen molar-refractivity contribution in [2.45, 2.75) is 64.6 Å². The van der Waals surface area contributed by atoms with Crippen molar-refractivity contribution in [3.63, 3.8) is 0 Å². The van der Waals surface area contributed by atoms with Gasteiger partial charge in [0, 0.05) is 18.6 Å². The average molecular weight is 288 g/mol. The SMILES string of the molecule is Cc1cc(CN2CCCCC2C2CCCN2)cc(C)c1O. The second-order valence-corrected chi connectivity index (χ2v) is 6.81. The fourth-order valence-corrected chi connectivity index (χ4v) is 4.08. The maximum Gasteiger partial charge on any atom is 0.121 e. The third-order valence-electron chi connectivity index (χ3n) is 5.16. The topological polar surface area (TPSA) is 35.5 Å². The largest absolute Gasteiger partial charge is 0.507 e. The fourth-order valence-electron chi connectivity index (χ4n) is 4.08. The molecule has 2 atom stereocenters. The molecule has 0 saturated carbocycles. The van der Waals surface area contributed by atoms with Gasteiger partial charge < -0.3 is 10.4 Å². The highest BCUT2D eigenvalue weighted by Gasteiger charge is 2.31. The van der Waals surface area contributed by atoms with Crippen LogP contribution in [0.5, 0.6) is 5.75 Å². The van der Waals surface area contributed by atoms with E-state index in [1.165, 1.54) is 50.8 Å². The van der Waals surface area contributed by atoms with E-state index in [4.69, 9.17) is 0 Å². The lowest BCUT2D eigenvalue weighted by Crippen LogP contribution is -2.49. The highest BCUT2D eigenvalue weighted by atomic mass is 16.3. The Hall–Kier alpha value is -1.06. The summed E-state index contributed by atoms with van der Waals surface area (Å²) in [6.45, 7) is 7.41. The number of piperidine rings is 1. The number of nitrogens with one attached hydrogen (secondary N) is 1. The predicted octanol–water partition coefficient (Wildman–Crippen LogP) is 3.12. The van der Waals surface area contributed by atoms with Crippen molar-refractivity contribution in [2.24, 2.45) is 0 Å². The Balaban J connectivity index is 1.75. The molecule has 2 aliphatic rings. The molecule has 3 heteroatoms. The van der Waals surface area contributed by atoms with Crippen molar-refractivity contribution in [3.05, 3.63) is 28.8 Å². The van der Waals surface area contributed by atoms with Gasteiger partial charge in [-0.2, -0.15) is 0 Å². The van der Waals surface area contributed by atoms with E-state index in [0.29, 0.717) is 17.8 Å². The smallest absolute Gasteiger partial charge is 0.121 e. The van der Waals surface area contributed by atoms with Gasteiger partial charge >= 0.3 is 0 Å². The Morgan fingerprint density at radius 1 is 1.14 bits per heavy atom. The zero-order valence-electron chi connectivity index (χ0n) is 13.4. The normalized spacial score (nSPS) is 27.1. The molecule has 2 unspecified atom stereocenters. The van der Waals surface area contributed by atoms with E-state index in [2.05, 4.69) is 22.3 Å². The summed E-state index contributed by atoms with van der Waals surface area (Å²) < 4.78 is 0. The molecule has 2 heterocycles. The first kappa shape index (κ1) is 14.9. The zero-order valence-corrected chi connectivity index (χ0v) is 13.4. The van der Waals surface area contributed by atoms with Gasteiger partial charge in [-0.3, -0.25) is 4.90 Å². The van der Waals surface area contributed by atoms with Crippen molar-refractivity contribution >= 4 is 0 Å². The number of likely N-dealkylation sites (tertiary alicyclic amines) is 1. The number of rotatable bonds is 3. The average Bonchev–Trinajstić information content (AvgIpc) is 2.99. The Bertz CT molecular complexity index is 471. The van der Waals surface area contributed by atoms with Gasteiger partial charge in [0.25, 0.3) is 0 Å². The lowest BCUT2D eigenvalue weighted by Gasteiger charge is -2.39. The molecule has 0 aliphatic carbocycles. The summed E-state index contributed by atoms with van der Waals surface area (Å²) in [5.41, 5.74) is 3.34. The Kier molecular flexibility index (Phi) is 4.51. The minimum Gasteiger partial charge on any atom is -0.507 e. The molecule has 0 aromatic heterocycles. The summed E-state index contributed by atoms with van der Waals surface area (Å²) in [6.07, 6.45) is 6.67. The third-order valence-corrected chi connectivity index (χ3v) is 5.16. The van der Waals surface area contributed by atoms with Gasteiger partial charge in [-0.25, -0.2) is 0 Å². The van der Waals surface area contributed by atoms with Gasteiger partial charge in [-0.15, -0.1) is 0 Å². The Morgan fingerprint density at radius 2 is 1.90 bits per heavy atom. The van der Waals surface area contributed by atoms with Crippen molar-refractivity contribution < 1.29 is 5.11 Å². The standard InChI is InChI=1S/C18H28N2O/c1-13-10-15(11-14(2)18(13)21)12-20-9-4-3-7-17(20)16-6-5-8-19-16/h10-11,16-17,19,21H,3-9,12H2,1-2H3. The number of hydrogen-bond acceptors (Lipinski definition) is 3. The van der Waals surface area contributed by atoms with Crippen molar-refractivity contribution in [1.82, 2.24) is 10.2 Å². The van der Waals surface area contributed by atoms with Gasteiger partial charge in [0.1, 0.15) is 5.75 Å². The molecule has 2 N–H and O–H groups in total. The van der Waals surface area contributed by atoms with Gasteiger partial charge in [0.05, 0.1) is 0 Å². The second-order valence-electron chi connectivity index (χ2n) is 6.81. The first-order chi connectivity index (χ1) is 10.1. The van der Waals surface area contributed by atoms with Gasteiger partial charge in [-0.1, -0.05) is 18.6 Å². The molecule has 2 saturated heterocycles. The summed E-state index contributed by atoms with van der Waals surface area (Å²) in [6, 6.07) is 5.67. The lowest BCUT2D eigenvalue weighted by molar-refractivity contribution is 0.112. The van der Waals surface area contributed by atoms with Crippen LogP contribution in [0.25, 0.3) is 0 Å². The molecule has 1 aromatic carbocycles. The molecule has 2 aliphatic heterocycles. The third kappa shape index (κ3) is 3.24. The monoisotopic (exact) mass is 288 g/mol. The van der Waals surface area contributed by atoms with Gasteiger partial charge in [-0.05, 0) is 69.3 Å². The molecule has 0 radical (unpaired) electrons. The number of aryl methyl sites for hydroxylation is 2. The number of hydrogen-bond donors (Lipinski definition) is 2. The van der Waals surface area contributed by atoms with Crippen LogP contribution in [0.4, 0.5) is 0 Å². The van der Waals surface area contributed by atoms with Crippen molar-refractivity contribution in [2.75, 3.05) is 13.1 Å². The Morgan fingerprint density at radius 3 is 2.57 bits per heavy atom. The van der Waals surface area contributed by atoms with Crippen LogP contribution in [0.3, 0.4) is 0 Å². The summed E-state index contributed by atoms with van der Waals surface area (Å²) in [7, 11) is 0. The van der Waals surface area contributed by atoms with Crippen molar-refractivity contribution in [3.8, 4) is 5.75 Å². The highest BCUT2D eigenvalue weighted by Crippen LogP contribution is 2.28. The van der Waals surface area contributed by atoms with Crippen LogP contribution < -0.4 is 5.32 Å². The van der Waals surface area contributed by atoms with Gasteiger partial charge in [0.2, 0.25) is 0 Å². The maximum atomic E-state index is 9.94. The maximum absolute atomic E-state index is 9.94. The quantitative estimate of drug-likeness (QED) is 0.897. The zero-order chi connectivity index (χ0) is 14.8. The molecular weight excluding hydrogens is 260 g/mol. The highest BCUT2D eigenvalue weighted by molar-refractivity contribution is 5.42. The van der Waals surface area contributed by atoms with E-state index >= 15 is 0 Å². The number of phenolic OH excluding ortho intramolecular Hbond substituents is 1. The molecule has 3 nitrogen and oxygen atoms in total. The van der Waals surface area contributed by atoms with Crippen LogP contribution in [-0.4, -0.2) is 35.2 Å². The minimum atomic E-state index is 0.450. The second kappa shape index (κ2) is 6.37. The van der Waals surface area contributed by atoms with E-state index in [1.807, 2.05) is 13.8 Å². The summed E-state index contributed by atoms with van der Waals surface area (Å²) in [5, 5.41) is 13.6. The van der Waals surface area contributed by atoms with E-state index < -0.39 is 0 Å². The summed E-state index contributed by atoms with van der Waals surface area (Å²) in [5.74, 6) is 0.450. The number of aromatic hydroxyl groups is 1. The van der Waals surface area contributed by atoms with Crippen LogP contribution >= 0.6 is 0 Å². The predicted molar refractivity (Wildman–Crippen MR) is 86.7 cm³/mol. The molecule has 116 valence electrons. The fraction of sp³-hybridized carbons (Fsp3) is 0.667. The number of nitrogens with zero attached hydrogens (tertiary/aromatic N) is 1. The first-order valence-corrected chi connectivity index (χ1v) is 8.41. The van der Waals surface area contributed by atoms with Crippen LogP contribution in [0.1, 0.15) is 48.8 Å². The van der Waals surface area contributed by atoms with Gasteiger partial charge in [0.15, 0.2) is 0 Å². The molecule has 3 rings (SSSR count). The number of benzene rings is 1. The minimum absolute atomic E-state index is 0.450. The van der Waals surface area contributed by atoms with Crippen LogP contribution in [-0.2, 0) is 6.54 Å². The molecule has 0 amide bonds. The van der Waals surface area contributed by atoms with E-state index in [1.54, 1.807) is 0 Å². The van der Waals surface area contributed by atoms with E-state index in [9.17, 15) is 5.11 Å². The van der Waals surface area contributed by atoms with Crippen molar-refractivity contribution in [1.29, 1.82) is 0 Å². The van der Waals surface area contributed by atoms with E-state index in [0.717, 1.165) is 17.7 Å². The molecule has 0 spiro atoms. The molecule has 1 aromatic rings. The molecular formula is C18H28N2O. The van der Waals surface area contributed by atoms with E-state index in [-0.39, 0.29) is 0 Å². The number of phenols is 1. The van der Waals surface area contributed by atoms with Crippen LogP contribution in [0.15, 0.2) is 12.1 Å². The molecule has 2 fully saturated rings. The summed E-state index contributed by atoms with van der Waals surface area (Å²) >= 11 is 0. The summed E-state index contributed by atoms with van der Waals surface area (Å²) in [4.78, 5) is 2.66. The molecule has 0 bridgehead atoms. The van der Waals surface area contributed by atoms with Crippen LogP contribution in [0, 0.1) is 13.8 Å². The van der Waals surface area contributed by atoms with Crippen LogP contribution in [0.2, 0.25) is 0 Å². The first-order valence-electron chi connectivity index (χ1n) is 8.41.